The van der Waals surface area contributed by atoms with Crippen molar-refractivity contribution >= 4 is 0 Å². The minimum Gasteiger partial charge on any atom is -0.0654 e. The Morgan fingerprint density at radius 2 is 1.50 bits per heavy atom. The molecule has 0 nitrogen and oxygen atoms in total. The van der Waals surface area contributed by atoms with Crippen LogP contribution < -0.4 is 0 Å². The molecule has 1 aliphatic carbocycles. The molecule has 0 spiro atoms. The summed E-state index contributed by atoms with van der Waals surface area (Å²) >= 11 is 0. The third-order valence-corrected chi connectivity index (χ3v) is 5.25. The van der Waals surface area contributed by atoms with E-state index in [1.165, 1.54) is 64.2 Å². The quantitative estimate of drug-likeness (QED) is 0.427. The second-order valence-electron chi connectivity index (χ2n) is 6.95. The highest BCUT2D eigenvalue weighted by Crippen LogP contribution is 2.56. The lowest BCUT2D eigenvalue weighted by atomic mass is 9.93. The smallest absolute Gasteiger partial charge is 0.00438 e. The van der Waals surface area contributed by atoms with E-state index in [0.717, 1.165) is 5.92 Å². The van der Waals surface area contributed by atoms with Crippen LogP contribution in [-0.2, 0) is 5.41 Å². The zero-order chi connectivity index (χ0) is 14.3. The lowest BCUT2D eigenvalue weighted by Crippen LogP contribution is -2.03. The van der Waals surface area contributed by atoms with Gasteiger partial charge in [-0.1, -0.05) is 95.5 Å². The van der Waals surface area contributed by atoms with E-state index < -0.39 is 0 Å². The Labute approximate surface area is 126 Å². The molecule has 0 heterocycles. The summed E-state index contributed by atoms with van der Waals surface area (Å²) in [6, 6.07) is 11.1. The highest BCUT2D eigenvalue weighted by atomic mass is 14.5. The summed E-state index contributed by atoms with van der Waals surface area (Å²) in [5, 5.41) is 0. The molecule has 2 rings (SSSR count). The van der Waals surface area contributed by atoms with Crippen LogP contribution in [0.2, 0.25) is 0 Å². The van der Waals surface area contributed by atoms with Crippen LogP contribution in [0.5, 0.6) is 0 Å². The molecule has 0 unspecified atom stereocenters. The van der Waals surface area contributed by atoms with E-state index in [1.54, 1.807) is 5.56 Å². The Balaban J connectivity index is 1.54. The number of rotatable bonds is 10. The Bertz CT molecular complexity index is 367. The second-order valence-corrected chi connectivity index (χ2v) is 6.95. The third kappa shape index (κ3) is 4.36. The van der Waals surface area contributed by atoms with Gasteiger partial charge in [0.25, 0.3) is 0 Å². The minimum atomic E-state index is 0.502. The fraction of sp³-hybridized carbons (Fsp3) is 0.700. The number of benzene rings is 1. The summed E-state index contributed by atoms with van der Waals surface area (Å²) in [6.07, 6.45) is 14.4. The lowest BCUT2D eigenvalue weighted by Gasteiger charge is -2.11. The Morgan fingerprint density at radius 1 is 0.900 bits per heavy atom. The molecule has 1 aromatic rings. The zero-order valence-corrected chi connectivity index (χ0v) is 13.5. The molecule has 0 aromatic heterocycles. The van der Waals surface area contributed by atoms with Crippen LogP contribution >= 0.6 is 0 Å². The maximum atomic E-state index is 2.46. The number of hydrogen-bond acceptors (Lipinski definition) is 0. The van der Waals surface area contributed by atoms with Crippen molar-refractivity contribution in [2.75, 3.05) is 0 Å². The predicted molar refractivity (Wildman–Crippen MR) is 89.1 cm³/mol. The molecule has 0 radical (unpaired) electrons. The van der Waals surface area contributed by atoms with Gasteiger partial charge in [0.1, 0.15) is 0 Å². The summed E-state index contributed by atoms with van der Waals surface area (Å²) in [6.45, 7) is 4.75. The first-order valence-electron chi connectivity index (χ1n) is 8.83. The van der Waals surface area contributed by atoms with Gasteiger partial charge >= 0.3 is 0 Å². The van der Waals surface area contributed by atoms with Gasteiger partial charge in [0, 0.05) is 0 Å². The molecule has 0 saturated heterocycles. The molecule has 0 heteroatoms. The molecule has 1 fully saturated rings. The monoisotopic (exact) mass is 272 g/mol. The zero-order valence-electron chi connectivity index (χ0n) is 13.5. The van der Waals surface area contributed by atoms with Crippen LogP contribution in [0.25, 0.3) is 0 Å². The van der Waals surface area contributed by atoms with Gasteiger partial charge in [0.05, 0.1) is 0 Å². The molecule has 0 aliphatic heterocycles. The van der Waals surface area contributed by atoms with E-state index in [-0.39, 0.29) is 0 Å². The molecule has 0 amide bonds. The minimum absolute atomic E-state index is 0.502. The van der Waals surface area contributed by atoms with Crippen molar-refractivity contribution < 1.29 is 0 Å². The van der Waals surface area contributed by atoms with E-state index in [9.17, 15) is 0 Å². The van der Waals surface area contributed by atoms with Gasteiger partial charge in [-0.3, -0.25) is 0 Å². The standard InChI is InChI=1S/C20H32/c1-3-4-5-6-7-8-9-11-16-19-17-20(19,2)18-14-12-10-13-15-18/h10,12-15,19H,3-9,11,16-17H2,1-2H3/t19-,20+/m1/s1. The average molecular weight is 272 g/mol. The van der Waals surface area contributed by atoms with Gasteiger partial charge in [-0.2, -0.15) is 0 Å². The van der Waals surface area contributed by atoms with E-state index in [4.69, 9.17) is 0 Å². The van der Waals surface area contributed by atoms with Crippen molar-refractivity contribution in [3.63, 3.8) is 0 Å². The van der Waals surface area contributed by atoms with E-state index >= 15 is 0 Å². The summed E-state index contributed by atoms with van der Waals surface area (Å²) < 4.78 is 0. The normalized spacial score (nSPS) is 24.8. The molecule has 0 bridgehead atoms. The van der Waals surface area contributed by atoms with Crippen LogP contribution in [-0.4, -0.2) is 0 Å². The maximum absolute atomic E-state index is 2.46. The first-order chi connectivity index (χ1) is 9.77. The highest BCUT2D eigenvalue weighted by molar-refractivity contribution is 5.32. The van der Waals surface area contributed by atoms with Crippen molar-refractivity contribution in [2.24, 2.45) is 5.92 Å². The topological polar surface area (TPSA) is 0 Å². The van der Waals surface area contributed by atoms with Gasteiger partial charge < -0.3 is 0 Å². The van der Waals surface area contributed by atoms with Crippen LogP contribution in [0.15, 0.2) is 30.3 Å². The fourth-order valence-electron chi connectivity index (χ4n) is 3.57. The summed E-state index contributed by atoms with van der Waals surface area (Å²) in [7, 11) is 0. The van der Waals surface area contributed by atoms with Crippen molar-refractivity contribution in [1.29, 1.82) is 0 Å². The highest BCUT2D eigenvalue weighted by Gasteiger charge is 2.49. The predicted octanol–water partition coefficient (Wildman–Crippen LogP) is 6.50. The van der Waals surface area contributed by atoms with Crippen molar-refractivity contribution in [3.05, 3.63) is 35.9 Å². The van der Waals surface area contributed by atoms with Gasteiger partial charge in [-0.05, 0) is 29.7 Å². The van der Waals surface area contributed by atoms with Crippen molar-refractivity contribution in [2.45, 2.75) is 83.5 Å². The molecule has 0 N–H and O–H groups in total. The molecule has 1 aliphatic rings. The maximum Gasteiger partial charge on any atom is -0.00438 e. The fourth-order valence-corrected chi connectivity index (χ4v) is 3.57. The van der Waals surface area contributed by atoms with Crippen LogP contribution in [0.4, 0.5) is 0 Å². The Hall–Kier alpha value is -0.780. The SMILES string of the molecule is CCCCCCCCCC[C@@H]1C[C@@]1(C)c1ccccc1. The number of hydrogen-bond donors (Lipinski definition) is 0. The Morgan fingerprint density at radius 3 is 2.15 bits per heavy atom. The van der Waals surface area contributed by atoms with E-state index in [1.807, 2.05) is 0 Å². The molecular formula is C20H32. The van der Waals surface area contributed by atoms with Crippen LogP contribution in [0, 0.1) is 5.92 Å². The summed E-state index contributed by atoms with van der Waals surface area (Å²) in [4.78, 5) is 0. The lowest BCUT2D eigenvalue weighted by molar-refractivity contribution is 0.528. The number of unbranched alkanes of at least 4 members (excludes halogenated alkanes) is 7. The van der Waals surface area contributed by atoms with Crippen molar-refractivity contribution in [1.82, 2.24) is 0 Å². The van der Waals surface area contributed by atoms with Gasteiger partial charge in [-0.25, -0.2) is 0 Å². The van der Waals surface area contributed by atoms with Crippen LogP contribution in [0.1, 0.15) is 83.6 Å². The largest absolute Gasteiger partial charge is 0.0654 e. The van der Waals surface area contributed by atoms with Crippen molar-refractivity contribution in [3.8, 4) is 0 Å². The van der Waals surface area contributed by atoms with E-state index in [2.05, 4.69) is 44.2 Å². The molecular weight excluding hydrogens is 240 g/mol. The van der Waals surface area contributed by atoms with E-state index in [0.29, 0.717) is 5.41 Å². The summed E-state index contributed by atoms with van der Waals surface area (Å²) in [5.74, 6) is 0.949. The second kappa shape index (κ2) is 7.86. The average Bonchev–Trinajstić information content (AvgIpc) is 3.15. The van der Waals surface area contributed by atoms with Gasteiger partial charge in [0.15, 0.2) is 0 Å². The molecule has 20 heavy (non-hydrogen) atoms. The molecule has 1 saturated carbocycles. The Kier molecular flexibility index (Phi) is 6.13. The van der Waals surface area contributed by atoms with Gasteiger partial charge in [0.2, 0.25) is 0 Å². The van der Waals surface area contributed by atoms with Gasteiger partial charge in [-0.15, -0.1) is 0 Å². The molecule has 2 atom stereocenters. The molecule has 112 valence electrons. The first-order valence-corrected chi connectivity index (χ1v) is 8.83. The first kappa shape index (κ1) is 15.6. The van der Waals surface area contributed by atoms with Crippen LogP contribution in [0.3, 0.4) is 0 Å². The molecule has 1 aromatic carbocycles. The summed E-state index contributed by atoms with van der Waals surface area (Å²) in [5.41, 5.74) is 2.06. The third-order valence-electron chi connectivity index (χ3n) is 5.25.